The third-order valence-corrected chi connectivity index (χ3v) is 7.29. The number of phenolic OH excluding ortho intramolecular Hbond substituents is 1. The molecule has 3 amide bonds. The van der Waals surface area contributed by atoms with Gasteiger partial charge in [-0.2, -0.15) is 0 Å². The summed E-state index contributed by atoms with van der Waals surface area (Å²) < 4.78 is 5.88. The lowest BCUT2D eigenvalue weighted by molar-refractivity contribution is -0.127. The van der Waals surface area contributed by atoms with Crippen molar-refractivity contribution < 1.29 is 24.2 Å². The van der Waals surface area contributed by atoms with Gasteiger partial charge in [-0.3, -0.25) is 14.4 Å². The molecule has 0 aromatic heterocycles. The summed E-state index contributed by atoms with van der Waals surface area (Å²) in [5.41, 5.74) is 8.00. The van der Waals surface area contributed by atoms with Crippen LogP contribution in [0.2, 0.25) is 0 Å². The lowest BCUT2D eigenvalue weighted by Crippen LogP contribution is -2.49. The minimum absolute atomic E-state index is 0.0882. The number of carbonyl (C=O) groups excluding carboxylic acids is 3. The van der Waals surface area contributed by atoms with Gasteiger partial charge in [0.2, 0.25) is 17.7 Å². The van der Waals surface area contributed by atoms with Crippen molar-refractivity contribution in [2.24, 2.45) is 5.73 Å². The minimum Gasteiger partial charge on any atom is -0.508 e. The summed E-state index contributed by atoms with van der Waals surface area (Å²) in [6, 6.07) is 20.8. The van der Waals surface area contributed by atoms with Gasteiger partial charge in [-0.25, -0.2) is 0 Å². The lowest BCUT2D eigenvalue weighted by atomic mass is 10.0. The SMILES string of the molecule is NC(=O)c1cc(O)ccc1C[CH]C(=O)NC(Cc1ccc(OCc2ccccc2)cc1)C(=O)NCCN1CCCCC1. The van der Waals surface area contributed by atoms with Gasteiger partial charge in [0.15, 0.2) is 0 Å². The zero-order valence-electron chi connectivity index (χ0n) is 23.8. The topological polar surface area (TPSA) is 134 Å². The molecule has 3 aromatic carbocycles. The van der Waals surface area contributed by atoms with E-state index in [1.54, 1.807) is 6.07 Å². The Morgan fingerprint density at radius 3 is 2.40 bits per heavy atom. The molecule has 0 saturated carbocycles. The van der Waals surface area contributed by atoms with E-state index in [1.165, 1.54) is 37.8 Å². The Bertz CT molecular complexity index is 1320. The maximum Gasteiger partial charge on any atom is 0.249 e. The van der Waals surface area contributed by atoms with Crippen LogP contribution in [0, 0.1) is 6.42 Å². The van der Waals surface area contributed by atoms with Crippen molar-refractivity contribution >= 4 is 17.7 Å². The first kappa shape index (κ1) is 30.6. The Morgan fingerprint density at radius 2 is 1.69 bits per heavy atom. The van der Waals surface area contributed by atoms with Crippen LogP contribution in [0.5, 0.6) is 11.5 Å². The predicted octanol–water partition coefficient (Wildman–Crippen LogP) is 3.15. The lowest BCUT2D eigenvalue weighted by Gasteiger charge is -2.27. The molecule has 1 saturated heterocycles. The van der Waals surface area contributed by atoms with E-state index >= 15 is 0 Å². The number of ether oxygens (including phenoxy) is 1. The molecular weight excluding hydrogens is 532 g/mol. The first-order valence-electron chi connectivity index (χ1n) is 14.4. The zero-order chi connectivity index (χ0) is 29.7. The summed E-state index contributed by atoms with van der Waals surface area (Å²) in [5.74, 6) is -0.786. The number of nitrogens with one attached hydrogen (secondary N) is 2. The number of hydrogen-bond acceptors (Lipinski definition) is 6. The van der Waals surface area contributed by atoms with Crippen LogP contribution in [0.3, 0.4) is 0 Å². The van der Waals surface area contributed by atoms with Gasteiger partial charge in [0.25, 0.3) is 0 Å². The summed E-state index contributed by atoms with van der Waals surface area (Å²) in [6.07, 6.45) is 5.36. The second-order valence-electron chi connectivity index (χ2n) is 10.5. The number of nitrogens with zero attached hydrogens (tertiary/aromatic N) is 1. The molecule has 1 aliphatic rings. The van der Waals surface area contributed by atoms with Gasteiger partial charge < -0.3 is 31.1 Å². The summed E-state index contributed by atoms with van der Waals surface area (Å²) >= 11 is 0. The second-order valence-corrected chi connectivity index (χ2v) is 10.5. The molecule has 0 spiro atoms. The van der Waals surface area contributed by atoms with Crippen LogP contribution in [-0.4, -0.2) is 59.9 Å². The van der Waals surface area contributed by atoms with E-state index in [0.717, 1.165) is 30.8 Å². The monoisotopic (exact) mass is 571 g/mol. The molecule has 221 valence electrons. The number of likely N-dealkylation sites (tertiary alicyclic amines) is 1. The quantitative estimate of drug-likeness (QED) is 0.235. The molecule has 1 aliphatic heterocycles. The third kappa shape index (κ3) is 9.62. The fraction of sp³-hybridized carbons (Fsp3) is 0.333. The van der Waals surface area contributed by atoms with Gasteiger partial charge in [-0.1, -0.05) is 55.0 Å². The van der Waals surface area contributed by atoms with Gasteiger partial charge in [-0.15, -0.1) is 0 Å². The zero-order valence-corrected chi connectivity index (χ0v) is 23.8. The Balaban J connectivity index is 1.36. The van der Waals surface area contributed by atoms with E-state index in [-0.39, 0.29) is 23.6 Å². The van der Waals surface area contributed by atoms with E-state index in [0.29, 0.717) is 30.9 Å². The highest BCUT2D eigenvalue weighted by atomic mass is 16.5. The van der Waals surface area contributed by atoms with Gasteiger partial charge in [0, 0.05) is 25.1 Å². The Hall–Kier alpha value is -4.37. The number of carbonyl (C=O) groups is 3. The van der Waals surface area contributed by atoms with Crippen LogP contribution in [0.15, 0.2) is 72.8 Å². The predicted molar refractivity (Wildman–Crippen MR) is 161 cm³/mol. The second kappa shape index (κ2) is 15.6. The number of benzene rings is 3. The molecule has 1 radical (unpaired) electrons. The molecule has 1 unspecified atom stereocenters. The molecule has 1 fully saturated rings. The minimum atomic E-state index is -0.804. The number of hydrogen-bond donors (Lipinski definition) is 4. The van der Waals surface area contributed by atoms with Crippen LogP contribution in [-0.2, 0) is 29.0 Å². The Labute approximate surface area is 247 Å². The fourth-order valence-corrected chi connectivity index (χ4v) is 4.96. The molecule has 9 heteroatoms. The number of primary amides is 1. The van der Waals surface area contributed by atoms with Crippen LogP contribution in [0.25, 0.3) is 0 Å². The normalized spacial score (nSPS) is 14.1. The molecular formula is C33H39N4O5. The Kier molecular flexibility index (Phi) is 11.3. The highest BCUT2D eigenvalue weighted by molar-refractivity contribution is 5.96. The van der Waals surface area contributed by atoms with Crippen molar-refractivity contribution in [1.29, 1.82) is 0 Å². The highest BCUT2D eigenvalue weighted by Gasteiger charge is 2.22. The average Bonchev–Trinajstić information content (AvgIpc) is 3.00. The van der Waals surface area contributed by atoms with E-state index in [4.69, 9.17) is 10.5 Å². The van der Waals surface area contributed by atoms with Crippen molar-refractivity contribution in [3.05, 3.63) is 101 Å². The summed E-state index contributed by atoms with van der Waals surface area (Å²) in [6.45, 7) is 3.79. The maximum absolute atomic E-state index is 13.2. The van der Waals surface area contributed by atoms with Gasteiger partial charge in [-0.05, 0) is 73.3 Å². The molecule has 0 bridgehead atoms. The number of amides is 3. The largest absolute Gasteiger partial charge is 0.508 e. The first-order chi connectivity index (χ1) is 20.4. The number of aromatic hydroxyl groups is 1. The van der Waals surface area contributed by atoms with Crippen molar-refractivity contribution in [3.63, 3.8) is 0 Å². The number of piperidine rings is 1. The molecule has 3 aromatic rings. The van der Waals surface area contributed by atoms with Gasteiger partial charge in [0.1, 0.15) is 24.1 Å². The highest BCUT2D eigenvalue weighted by Crippen LogP contribution is 2.18. The molecule has 5 N–H and O–H groups in total. The van der Waals surface area contributed by atoms with Crippen molar-refractivity contribution in [1.82, 2.24) is 15.5 Å². The fourth-order valence-electron chi connectivity index (χ4n) is 4.96. The number of nitrogens with two attached hydrogens (primary N) is 1. The number of phenols is 1. The summed E-state index contributed by atoms with van der Waals surface area (Å²) in [5, 5.41) is 15.5. The maximum atomic E-state index is 13.2. The standard InChI is InChI=1S/C33H39N4O5/c34-32(40)29-22-27(38)13-11-26(29)12-16-31(39)36-30(33(41)35-17-20-37-18-5-2-6-19-37)21-24-9-14-28(15-10-24)42-23-25-7-3-1-4-8-25/h1,3-4,7-11,13-16,22,30,38H,2,5-6,12,17-21,23H2,(H2,34,40)(H,35,41)(H,36,39). The van der Waals surface area contributed by atoms with Crippen molar-refractivity contribution in [2.75, 3.05) is 26.2 Å². The van der Waals surface area contributed by atoms with Crippen LogP contribution >= 0.6 is 0 Å². The van der Waals surface area contributed by atoms with Crippen LogP contribution in [0.1, 0.15) is 46.3 Å². The van der Waals surface area contributed by atoms with Gasteiger partial charge in [0.05, 0.1) is 6.42 Å². The van der Waals surface area contributed by atoms with Crippen molar-refractivity contribution in [2.45, 2.75) is 44.8 Å². The van der Waals surface area contributed by atoms with Crippen LogP contribution in [0.4, 0.5) is 0 Å². The van der Waals surface area contributed by atoms with E-state index in [2.05, 4.69) is 15.5 Å². The summed E-state index contributed by atoms with van der Waals surface area (Å²) in [7, 11) is 0. The molecule has 0 aliphatic carbocycles. The van der Waals surface area contributed by atoms with E-state index in [9.17, 15) is 19.5 Å². The van der Waals surface area contributed by atoms with Crippen molar-refractivity contribution in [3.8, 4) is 11.5 Å². The van der Waals surface area contributed by atoms with E-state index < -0.39 is 17.9 Å². The Morgan fingerprint density at radius 1 is 0.952 bits per heavy atom. The first-order valence-corrected chi connectivity index (χ1v) is 14.4. The molecule has 1 heterocycles. The molecule has 42 heavy (non-hydrogen) atoms. The van der Waals surface area contributed by atoms with Crippen LogP contribution < -0.4 is 21.1 Å². The number of rotatable bonds is 14. The smallest absolute Gasteiger partial charge is 0.249 e. The molecule has 4 rings (SSSR count). The van der Waals surface area contributed by atoms with E-state index in [1.807, 2.05) is 54.6 Å². The van der Waals surface area contributed by atoms with Gasteiger partial charge >= 0.3 is 0 Å². The molecule has 1 atom stereocenters. The average molecular weight is 572 g/mol. The molecule has 9 nitrogen and oxygen atoms in total. The third-order valence-electron chi connectivity index (χ3n) is 7.29. The summed E-state index contributed by atoms with van der Waals surface area (Å²) in [4.78, 5) is 40.3.